The van der Waals surface area contributed by atoms with Crippen molar-refractivity contribution in [2.24, 2.45) is 0 Å². The van der Waals surface area contributed by atoms with E-state index >= 15 is 0 Å². The van der Waals surface area contributed by atoms with Gasteiger partial charge in [0.2, 0.25) is 0 Å². The zero-order chi connectivity index (χ0) is 12.3. The van der Waals surface area contributed by atoms with Crippen molar-refractivity contribution in [2.45, 2.75) is 45.3 Å². The average Bonchev–Trinajstić information content (AvgIpc) is 2.15. The van der Waals surface area contributed by atoms with Gasteiger partial charge in [0.15, 0.2) is 0 Å². The van der Waals surface area contributed by atoms with E-state index in [0.717, 1.165) is 25.9 Å². The van der Waals surface area contributed by atoms with E-state index in [9.17, 15) is 4.79 Å². The molecule has 0 aliphatic carbocycles. The number of hydrogen-bond donors (Lipinski definition) is 0. The molecule has 0 atom stereocenters. The molecule has 0 radical (unpaired) electrons. The van der Waals surface area contributed by atoms with E-state index in [0.29, 0.717) is 6.04 Å². The molecule has 1 amide bonds. The fraction of sp³-hybridized carbons (Fsp3) is 0.833. The smallest absolute Gasteiger partial charge is 0.410 e. The van der Waals surface area contributed by atoms with Gasteiger partial charge in [0.25, 0.3) is 0 Å². The van der Waals surface area contributed by atoms with Crippen LogP contribution in [0.3, 0.4) is 0 Å². The normalized spacial score (nSPS) is 19.0. The number of rotatable bonds is 1. The second-order valence-corrected chi connectivity index (χ2v) is 5.46. The highest BCUT2D eigenvalue weighted by atomic mass is 16.6. The van der Waals surface area contributed by atoms with Crippen LogP contribution in [0, 0.1) is 7.05 Å². The van der Waals surface area contributed by atoms with Gasteiger partial charge in [-0.1, -0.05) is 0 Å². The van der Waals surface area contributed by atoms with Crippen molar-refractivity contribution in [1.82, 2.24) is 9.80 Å². The van der Waals surface area contributed by atoms with Crippen molar-refractivity contribution in [3.8, 4) is 0 Å². The van der Waals surface area contributed by atoms with Crippen molar-refractivity contribution >= 4 is 6.09 Å². The zero-order valence-corrected chi connectivity index (χ0v) is 10.8. The summed E-state index contributed by atoms with van der Waals surface area (Å²) in [5.74, 6) is 0. The van der Waals surface area contributed by atoms with Gasteiger partial charge in [-0.15, -0.1) is 0 Å². The summed E-state index contributed by atoms with van der Waals surface area (Å²) < 4.78 is 5.33. The minimum Gasteiger partial charge on any atom is -0.459 e. The van der Waals surface area contributed by atoms with Crippen LogP contribution in [0.15, 0.2) is 0 Å². The first kappa shape index (κ1) is 13.3. The van der Waals surface area contributed by atoms with Crippen LogP contribution >= 0.6 is 0 Å². The maximum atomic E-state index is 11.8. The summed E-state index contributed by atoms with van der Waals surface area (Å²) in [5, 5.41) is 0. The number of carbonyl (C=O) groups excluding carboxylic acids is 1. The number of amides is 1. The predicted molar refractivity (Wildman–Crippen MR) is 63.9 cm³/mol. The molecule has 0 unspecified atom stereocenters. The lowest BCUT2D eigenvalue weighted by atomic mass is 10.0. The second kappa shape index (κ2) is 5.04. The highest BCUT2D eigenvalue weighted by Gasteiger charge is 2.26. The van der Waals surface area contributed by atoms with Crippen LogP contribution in [0.2, 0.25) is 0 Å². The predicted octanol–water partition coefficient (Wildman–Crippen LogP) is 2.11. The van der Waals surface area contributed by atoms with Gasteiger partial charge in [-0.2, -0.15) is 0 Å². The quantitative estimate of drug-likeness (QED) is 0.643. The largest absolute Gasteiger partial charge is 0.459 e. The standard InChI is InChI=1S/C12H23N2O2/c1-12(2,3)16-11(15)14-8-6-10(7-9-14)13(4)5/h10H,4,6-9H2,1-3,5H3/q-1. The summed E-state index contributed by atoms with van der Waals surface area (Å²) in [6.07, 6.45) is 1.75. The third-order valence-corrected chi connectivity index (χ3v) is 2.74. The minimum absolute atomic E-state index is 0.197. The van der Waals surface area contributed by atoms with Gasteiger partial charge < -0.3 is 14.5 Å². The van der Waals surface area contributed by atoms with Crippen LogP contribution in [0.4, 0.5) is 4.79 Å². The highest BCUT2D eigenvalue weighted by molar-refractivity contribution is 5.68. The Morgan fingerprint density at radius 2 is 1.88 bits per heavy atom. The van der Waals surface area contributed by atoms with Crippen LogP contribution in [-0.2, 0) is 4.74 Å². The van der Waals surface area contributed by atoms with Crippen LogP contribution < -0.4 is 0 Å². The van der Waals surface area contributed by atoms with Gasteiger partial charge in [0.05, 0.1) is 0 Å². The number of likely N-dealkylation sites (tertiary alicyclic amines) is 1. The second-order valence-electron chi connectivity index (χ2n) is 5.46. The molecule has 16 heavy (non-hydrogen) atoms. The Labute approximate surface area is 98.5 Å². The van der Waals surface area contributed by atoms with Crippen LogP contribution in [0.25, 0.3) is 0 Å². The molecule has 1 rings (SSSR count). The van der Waals surface area contributed by atoms with E-state index in [1.165, 1.54) is 0 Å². The first-order valence-corrected chi connectivity index (χ1v) is 5.81. The Hall–Kier alpha value is -0.770. The fourth-order valence-electron chi connectivity index (χ4n) is 1.82. The molecule has 1 saturated heterocycles. The van der Waals surface area contributed by atoms with Crippen LogP contribution in [-0.4, -0.2) is 47.7 Å². The molecular formula is C12H23N2O2-. The molecule has 0 saturated carbocycles. The van der Waals surface area contributed by atoms with E-state index in [1.54, 1.807) is 4.90 Å². The van der Waals surface area contributed by atoms with Crippen molar-refractivity contribution < 1.29 is 9.53 Å². The number of ether oxygens (including phenoxy) is 1. The first-order valence-electron chi connectivity index (χ1n) is 5.81. The average molecular weight is 227 g/mol. The maximum absolute atomic E-state index is 11.8. The molecule has 0 aromatic heterocycles. The summed E-state index contributed by atoms with van der Waals surface area (Å²) >= 11 is 0. The molecule has 94 valence electrons. The minimum atomic E-state index is -0.406. The molecule has 0 bridgehead atoms. The Bertz CT molecular complexity index is 238. The summed E-state index contributed by atoms with van der Waals surface area (Å²) in [4.78, 5) is 15.5. The third kappa shape index (κ3) is 4.00. The van der Waals surface area contributed by atoms with E-state index < -0.39 is 5.60 Å². The molecule has 1 aliphatic rings. The monoisotopic (exact) mass is 227 g/mol. The Kier molecular flexibility index (Phi) is 4.19. The van der Waals surface area contributed by atoms with E-state index in [1.807, 2.05) is 32.7 Å². The van der Waals surface area contributed by atoms with Gasteiger partial charge in [0.1, 0.15) is 5.60 Å². The van der Waals surface area contributed by atoms with Gasteiger partial charge in [0, 0.05) is 13.1 Å². The SMILES string of the molecule is [CH2-]N(C)C1CCN(C(=O)OC(C)(C)C)CC1. The third-order valence-electron chi connectivity index (χ3n) is 2.74. The molecule has 0 aromatic carbocycles. The summed E-state index contributed by atoms with van der Waals surface area (Å²) in [6.45, 7) is 7.20. The Morgan fingerprint density at radius 3 is 2.25 bits per heavy atom. The van der Waals surface area contributed by atoms with Crippen molar-refractivity contribution in [3.05, 3.63) is 7.05 Å². The number of hydrogen-bond acceptors (Lipinski definition) is 3. The van der Waals surface area contributed by atoms with Gasteiger partial charge >= 0.3 is 6.09 Å². The lowest BCUT2D eigenvalue weighted by molar-refractivity contribution is 0.0172. The Morgan fingerprint density at radius 1 is 1.38 bits per heavy atom. The molecule has 0 aromatic rings. The Balaban J connectivity index is 2.39. The van der Waals surface area contributed by atoms with E-state index in [2.05, 4.69) is 7.05 Å². The summed E-state index contributed by atoms with van der Waals surface area (Å²) in [6, 6.07) is 0.485. The number of nitrogens with zero attached hydrogens (tertiary/aromatic N) is 2. The van der Waals surface area contributed by atoms with Gasteiger partial charge in [-0.05, 0) is 46.7 Å². The molecule has 4 heteroatoms. The highest BCUT2D eigenvalue weighted by Crippen LogP contribution is 2.17. The van der Waals surface area contributed by atoms with Crippen molar-refractivity contribution in [2.75, 3.05) is 20.1 Å². The zero-order valence-electron chi connectivity index (χ0n) is 10.8. The summed E-state index contributed by atoms with van der Waals surface area (Å²) in [7, 11) is 5.87. The van der Waals surface area contributed by atoms with Crippen molar-refractivity contribution in [3.63, 3.8) is 0 Å². The molecule has 1 aliphatic heterocycles. The number of piperidine rings is 1. The van der Waals surface area contributed by atoms with Crippen LogP contribution in [0.5, 0.6) is 0 Å². The van der Waals surface area contributed by atoms with Crippen molar-refractivity contribution in [1.29, 1.82) is 0 Å². The first-order chi connectivity index (χ1) is 7.29. The topological polar surface area (TPSA) is 32.8 Å². The molecular weight excluding hydrogens is 204 g/mol. The van der Waals surface area contributed by atoms with Crippen LogP contribution in [0.1, 0.15) is 33.6 Å². The lowest BCUT2D eigenvalue weighted by Gasteiger charge is -2.39. The molecule has 0 N–H and O–H groups in total. The lowest BCUT2D eigenvalue weighted by Crippen LogP contribution is -2.45. The van der Waals surface area contributed by atoms with E-state index in [-0.39, 0.29) is 6.09 Å². The van der Waals surface area contributed by atoms with Gasteiger partial charge in [-0.3, -0.25) is 7.05 Å². The fourth-order valence-corrected chi connectivity index (χ4v) is 1.82. The molecule has 1 heterocycles. The van der Waals surface area contributed by atoms with E-state index in [4.69, 9.17) is 4.74 Å². The number of carbonyl (C=O) groups is 1. The molecule has 0 spiro atoms. The van der Waals surface area contributed by atoms with Gasteiger partial charge in [-0.25, -0.2) is 4.79 Å². The summed E-state index contributed by atoms with van der Waals surface area (Å²) in [5.41, 5.74) is -0.406. The maximum Gasteiger partial charge on any atom is 0.410 e. The molecule has 1 fully saturated rings. The molecule has 4 nitrogen and oxygen atoms in total.